The van der Waals surface area contributed by atoms with E-state index < -0.39 is 5.60 Å². The highest BCUT2D eigenvalue weighted by Crippen LogP contribution is 2.18. The van der Waals surface area contributed by atoms with Crippen molar-refractivity contribution in [3.63, 3.8) is 0 Å². The summed E-state index contributed by atoms with van der Waals surface area (Å²) in [5.74, 6) is 0. The Labute approximate surface area is 149 Å². The van der Waals surface area contributed by atoms with Gasteiger partial charge in [0.05, 0.1) is 12.7 Å². The molecule has 136 valence electrons. The van der Waals surface area contributed by atoms with Crippen molar-refractivity contribution in [2.24, 2.45) is 7.05 Å². The van der Waals surface area contributed by atoms with Crippen LogP contribution >= 0.6 is 0 Å². The van der Waals surface area contributed by atoms with E-state index in [4.69, 9.17) is 0 Å². The van der Waals surface area contributed by atoms with Crippen LogP contribution in [0, 0.1) is 13.8 Å². The van der Waals surface area contributed by atoms with Gasteiger partial charge in [0.25, 0.3) is 0 Å². The molecule has 0 unspecified atom stereocenters. The predicted molar refractivity (Wildman–Crippen MR) is 98.4 cm³/mol. The largest absolute Gasteiger partial charge is 0.383 e. The van der Waals surface area contributed by atoms with Gasteiger partial charge in [-0.15, -0.1) is 0 Å². The van der Waals surface area contributed by atoms with Crippen LogP contribution in [0.15, 0.2) is 30.6 Å². The lowest BCUT2D eigenvalue weighted by Gasteiger charge is -2.23. The number of nitrogens with one attached hydrogen (secondary N) is 2. The number of aromatic nitrogens is 2. The van der Waals surface area contributed by atoms with Crippen molar-refractivity contribution < 1.29 is 9.90 Å². The molecule has 0 spiro atoms. The first kappa shape index (κ1) is 19.0. The molecule has 1 heterocycles. The third-order valence-corrected chi connectivity index (χ3v) is 4.12. The summed E-state index contributed by atoms with van der Waals surface area (Å²) >= 11 is 0. The van der Waals surface area contributed by atoms with Crippen molar-refractivity contribution in [2.45, 2.75) is 45.8 Å². The molecular weight excluding hydrogens is 316 g/mol. The molecule has 0 fully saturated rings. The highest BCUT2D eigenvalue weighted by molar-refractivity contribution is 5.74. The van der Waals surface area contributed by atoms with Gasteiger partial charge in [-0.25, -0.2) is 4.79 Å². The van der Waals surface area contributed by atoms with Gasteiger partial charge in [-0.05, 0) is 39.7 Å². The molecule has 0 aliphatic heterocycles. The van der Waals surface area contributed by atoms with Gasteiger partial charge in [0.1, 0.15) is 5.60 Å². The number of carbonyl (C=O) groups is 1. The fourth-order valence-electron chi connectivity index (χ4n) is 2.92. The van der Waals surface area contributed by atoms with Gasteiger partial charge in [-0.2, -0.15) is 5.10 Å². The average molecular weight is 344 g/mol. The maximum Gasteiger partial charge on any atom is 0.315 e. The van der Waals surface area contributed by atoms with E-state index in [-0.39, 0.29) is 18.6 Å². The number of benzene rings is 1. The molecule has 0 saturated heterocycles. The molecule has 1 aromatic heterocycles. The summed E-state index contributed by atoms with van der Waals surface area (Å²) in [4.78, 5) is 12.1. The Hall–Kier alpha value is -2.34. The number of urea groups is 1. The highest BCUT2D eigenvalue weighted by Gasteiger charge is 2.25. The van der Waals surface area contributed by atoms with Gasteiger partial charge in [0.15, 0.2) is 0 Å². The monoisotopic (exact) mass is 344 g/mol. The van der Waals surface area contributed by atoms with E-state index >= 15 is 0 Å². The van der Waals surface area contributed by atoms with Crippen LogP contribution in [0.2, 0.25) is 0 Å². The summed E-state index contributed by atoms with van der Waals surface area (Å²) in [5.41, 5.74) is 3.15. The van der Waals surface area contributed by atoms with Crippen molar-refractivity contribution in [3.8, 4) is 0 Å². The van der Waals surface area contributed by atoms with Crippen LogP contribution in [0.5, 0.6) is 0 Å². The van der Waals surface area contributed by atoms with Gasteiger partial charge in [-0.3, -0.25) is 4.68 Å². The molecule has 0 aliphatic rings. The highest BCUT2D eigenvalue weighted by atomic mass is 16.3. The zero-order valence-corrected chi connectivity index (χ0v) is 15.6. The molecule has 0 bridgehead atoms. The van der Waals surface area contributed by atoms with E-state index in [9.17, 15) is 9.90 Å². The zero-order valence-electron chi connectivity index (χ0n) is 15.6. The van der Waals surface area contributed by atoms with Crippen molar-refractivity contribution in [1.82, 2.24) is 20.4 Å². The second-order valence-corrected chi connectivity index (χ2v) is 7.10. The molecule has 25 heavy (non-hydrogen) atoms. The summed E-state index contributed by atoms with van der Waals surface area (Å²) in [5, 5.41) is 20.2. The lowest BCUT2D eigenvalue weighted by molar-refractivity contribution is 0.0592. The van der Waals surface area contributed by atoms with Crippen molar-refractivity contribution in [1.29, 1.82) is 0 Å². The third-order valence-electron chi connectivity index (χ3n) is 4.12. The topological polar surface area (TPSA) is 79.2 Å². The van der Waals surface area contributed by atoms with Crippen LogP contribution in [-0.2, 0) is 19.1 Å². The molecule has 2 atom stereocenters. The van der Waals surface area contributed by atoms with Gasteiger partial charge in [0.2, 0.25) is 0 Å². The summed E-state index contributed by atoms with van der Waals surface area (Å²) in [6.07, 6.45) is 4.10. The fraction of sp³-hybridized carbons (Fsp3) is 0.474. The molecule has 2 rings (SSSR count). The van der Waals surface area contributed by atoms with E-state index in [1.54, 1.807) is 31.0 Å². The summed E-state index contributed by atoms with van der Waals surface area (Å²) in [6.45, 7) is 7.88. The lowest BCUT2D eigenvalue weighted by Crippen LogP contribution is -2.46. The van der Waals surface area contributed by atoms with Gasteiger partial charge < -0.3 is 15.7 Å². The standard InChI is InChI=1S/C19H28N4O2/c1-13-6-14(2)8-16(7-13)9-15(3)22-18(24)20-12-19(4,25)17-10-21-23(5)11-17/h6-8,10-11,15,25H,9,12H2,1-5H3,(H2,20,22,24)/t15-,19+/m0/s1. The van der Waals surface area contributed by atoms with Crippen LogP contribution in [0.1, 0.15) is 36.1 Å². The maximum atomic E-state index is 12.1. The average Bonchev–Trinajstić information content (AvgIpc) is 2.91. The van der Waals surface area contributed by atoms with Gasteiger partial charge in [-0.1, -0.05) is 29.3 Å². The molecule has 2 aromatic rings. The summed E-state index contributed by atoms with van der Waals surface area (Å²) < 4.78 is 1.62. The van der Waals surface area contributed by atoms with Crippen molar-refractivity contribution in [3.05, 3.63) is 52.8 Å². The second kappa shape index (κ2) is 7.70. The SMILES string of the molecule is Cc1cc(C)cc(C[C@H](C)NC(=O)NC[C@@](C)(O)c2cnn(C)c2)c1. The van der Waals surface area contributed by atoms with Crippen LogP contribution < -0.4 is 10.6 Å². The number of nitrogens with zero attached hydrogens (tertiary/aromatic N) is 2. The summed E-state index contributed by atoms with van der Waals surface area (Å²) in [6, 6.07) is 6.10. The number of aryl methyl sites for hydroxylation is 3. The molecule has 0 aliphatic carbocycles. The number of amides is 2. The zero-order chi connectivity index (χ0) is 18.6. The first-order valence-corrected chi connectivity index (χ1v) is 8.49. The molecule has 2 amide bonds. The Kier molecular flexibility index (Phi) is 5.85. The van der Waals surface area contributed by atoms with E-state index in [0.717, 1.165) is 6.42 Å². The van der Waals surface area contributed by atoms with E-state index in [2.05, 4.69) is 47.8 Å². The van der Waals surface area contributed by atoms with E-state index in [0.29, 0.717) is 5.56 Å². The Balaban J connectivity index is 1.85. The van der Waals surface area contributed by atoms with Gasteiger partial charge in [0, 0.05) is 24.8 Å². The van der Waals surface area contributed by atoms with E-state index in [1.165, 1.54) is 16.7 Å². The maximum absolute atomic E-state index is 12.1. The van der Waals surface area contributed by atoms with Crippen molar-refractivity contribution >= 4 is 6.03 Å². The van der Waals surface area contributed by atoms with E-state index in [1.807, 2.05) is 6.92 Å². The second-order valence-electron chi connectivity index (χ2n) is 7.10. The van der Waals surface area contributed by atoms with Crippen LogP contribution in [0.25, 0.3) is 0 Å². The molecular formula is C19H28N4O2. The number of hydrogen-bond donors (Lipinski definition) is 3. The van der Waals surface area contributed by atoms with Crippen LogP contribution in [-0.4, -0.2) is 33.5 Å². The minimum Gasteiger partial charge on any atom is -0.383 e. The molecule has 3 N–H and O–H groups in total. The molecule has 1 aromatic carbocycles. The Morgan fingerprint density at radius 1 is 1.32 bits per heavy atom. The quantitative estimate of drug-likeness (QED) is 0.751. The number of aliphatic hydroxyl groups is 1. The Morgan fingerprint density at radius 2 is 1.96 bits per heavy atom. The molecule has 6 heteroatoms. The molecule has 0 saturated carbocycles. The minimum atomic E-state index is -1.16. The van der Waals surface area contributed by atoms with Gasteiger partial charge >= 0.3 is 6.03 Å². The third kappa shape index (κ3) is 5.60. The Bertz CT molecular complexity index is 717. The minimum absolute atomic E-state index is 0.00968. The number of carbonyl (C=O) groups excluding carboxylic acids is 1. The van der Waals surface area contributed by atoms with Crippen LogP contribution in [0.3, 0.4) is 0 Å². The number of hydrogen-bond acceptors (Lipinski definition) is 3. The van der Waals surface area contributed by atoms with Crippen LogP contribution in [0.4, 0.5) is 4.79 Å². The van der Waals surface area contributed by atoms with Crippen molar-refractivity contribution in [2.75, 3.05) is 6.54 Å². The first-order valence-electron chi connectivity index (χ1n) is 8.49. The summed E-state index contributed by atoms with van der Waals surface area (Å²) in [7, 11) is 1.79. The first-order chi connectivity index (χ1) is 11.7. The predicted octanol–water partition coefficient (Wildman–Crippen LogP) is 2.17. The molecule has 6 nitrogen and oxygen atoms in total. The number of rotatable bonds is 6. The lowest BCUT2D eigenvalue weighted by atomic mass is 10.00. The normalized spacial score (nSPS) is 14.6. The fourth-order valence-corrected chi connectivity index (χ4v) is 2.92. The molecule has 0 radical (unpaired) electrons. The smallest absolute Gasteiger partial charge is 0.315 e. The Morgan fingerprint density at radius 3 is 2.52 bits per heavy atom.